The molecule has 4 aliphatic rings. The molecular weight excluding hydrogens is 262 g/mol. The lowest BCUT2D eigenvalue weighted by Gasteiger charge is -2.36. The van der Waals surface area contributed by atoms with Crippen LogP contribution in [-0.2, 0) is 4.84 Å². The molecule has 2 aliphatic heterocycles. The maximum absolute atomic E-state index is 5.95. The first kappa shape index (κ1) is 10.4. The third-order valence-corrected chi connectivity index (χ3v) is 5.32. The van der Waals surface area contributed by atoms with Crippen molar-refractivity contribution in [1.82, 2.24) is 0 Å². The Bertz CT molecular complexity index is 612. The standard InChI is InChI=1S/C14H12ClN3O/c15-7-3-1-6(2-4-7)11-10-8-5-9(14(10)19-18-11)13-12(8)16-17-13/h1-4,8-10,12-14H,5H2/t8-,9-,10?,12-,13+,14?/m0/s1. The summed E-state index contributed by atoms with van der Waals surface area (Å²) in [5.41, 5.74) is 2.20. The van der Waals surface area contributed by atoms with Crippen LogP contribution in [0.4, 0.5) is 0 Å². The minimum atomic E-state index is 0.219. The van der Waals surface area contributed by atoms with E-state index in [2.05, 4.69) is 15.4 Å². The van der Waals surface area contributed by atoms with Gasteiger partial charge in [-0.3, -0.25) is 0 Å². The van der Waals surface area contributed by atoms with Crippen LogP contribution in [-0.4, -0.2) is 23.9 Å². The zero-order valence-electron chi connectivity index (χ0n) is 10.1. The molecule has 2 saturated carbocycles. The van der Waals surface area contributed by atoms with Gasteiger partial charge in [-0.05, 0) is 30.0 Å². The molecule has 0 amide bonds. The summed E-state index contributed by atoms with van der Waals surface area (Å²) in [5, 5.41) is 13.7. The molecule has 0 aromatic heterocycles. The Hall–Kier alpha value is -1.42. The summed E-state index contributed by atoms with van der Waals surface area (Å²) in [4.78, 5) is 5.71. The first-order chi connectivity index (χ1) is 9.33. The lowest BCUT2D eigenvalue weighted by Crippen LogP contribution is -2.47. The Morgan fingerprint density at radius 2 is 1.79 bits per heavy atom. The fourth-order valence-electron chi connectivity index (χ4n) is 4.24. The summed E-state index contributed by atoms with van der Waals surface area (Å²) in [5.74, 6) is 1.48. The van der Waals surface area contributed by atoms with Gasteiger partial charge in [0.15, 0.2) is 0 Å². The van der Waals surface area contributed by atoms with Crippen LogP contribution < -0.4 is 0 Å². The van der Waals surface area contributed by atoms with Crippen molar-refractivity contribution in [2.24, 2.45) is 33.1 Å². The number of fused-ring (bicyclic) bond motifs is 8. The van der Waals surface area contributed by atoms with Crippen LogP contribution in [0.3, 0.4) is 0 Å². The summed E-state index contributed by atoms with van der Waals surface area (Å²) in [7, 11) is 0. The minimum Gasteiger partial charge on any atom is -0.391 e. The van der Waals surface area contributed by atoms with Gasteiger partial charge in [-0.15, -0.1) is 0 Å². The van der Waals surface area contributed by atoms with E-state index in [9.17, 15) is 0 Å². The number of hydrogen-bond acceptors (Lipinski definition) is 4. The van der Waals surface area contributed by atoms with Crippen molar-refractivity contribution in [2.45, 2.75) is 24.6 Å². The van der Waals surface area contributed by atoms with Crippen molar-refractivity contribution < 1.29 is 4.84 Å². The highest BCUT2D eigenvalue weighted by atomic mass is 35.5. The number of hydrogen-bond donors (Lipinski definition) is 0. The van der Waals surface area contributed by atoms with Gasteiger partial charge in [0.1, 0.15) is 12.1 Å². The number of nitrogens with zero attached hydrogens (tertiary/aromatic N) is 3. The molecule has 6 atom stereocenters. The van der Waals surface area contributed by atoms with Crippen molar-refractivity contribution in [3.8, 4) is 0 Å². The first-order valence-electron chi connectivity index (χ1n) is 6.72. The molecular formula is C14H12ClN3O. The summed E-state index contributed by atoms with van der Waals surface area (Å²) >= 11 is 5.95. The molecule has 2 heterocycles. The highest BCUT2D eigenvalue weighted by molar-refractivity contribution is 6.30. The topological polar surface area (TPSA) is 46.3 Å². The maximum atomic E-state index is 5.95. The molecule has 4 nitrogen and oxygen atoms in total. The highest BCUT2D eigenvalue weighted by Crippen LogP contribution is 2.58. The fraction of sp³-hybridized carbons (Fsp3) is 0.500. The molecule has 0 N–H and O–H groups in total. The summed E-state index contributed by atoms with van der Waals surface area (Å²) in [6, 6.07) is 8.70. The van der Waals surface area contributed by atoms with Gasteiger partial charge in [0.05, 0.1) is 17.7 Å². The smallest absolute Gasteiger partial charge is 0.141 e. The Morgan fingerprint density at radius 3 is 2.53 bits per heavy atom. The molecule has 96 valence electrons. The van der Waals surface area contributed by atoms with Crippen LogP contribution in [0.15, 0.2) is 39.6 Å². The average molecular weight is 274 g/mol. The van der Waals surface area contributed by atoms with E-state index in [1.165, 1.54) is 6.42 Å². The van der Waals surface area contributed by atoms with Crippen LogP contribution in [0.5, 0.6) is 0 Å². The zero-order valence-corrected chi connectivity index (χ0v) is 10.9. The SMILES string of the molecule is Clc1ccc(C2=NOC3C2[C@@H]2C[C@H]3[C@H]3N=N[C@H]32)cc1. The Kier molecular flexibility index (Phi) is 1.84. The van der Waals surface area contributed by atoms with E-state index in [0.29, 0.717) is 29.8 Å². The van der Waals surface area contributed by atoms with E-state index in [0.717, 1.165) is 16.3 Å². The maximum Gasteiger partial charge on any atom is 0.141 e. The first-order valence-corrected chi connectivity index (χ1v) is 7.10. The molecule has 19 heavy (non-hydrogen) atoms. The van der Waals surface area contributed by atoms with Crippen LogP contribution in [0, 0.1) is 17.8 Å². The van der Waals surface area contributed by atoms with Gasteiger partial charge in [0.2, 0.25) is 0 Å². The highest BCUT2D eigenvalue weighted by Gasteiger charge is 2.65. The second kappa shape index (κ2) is 3.37. The molecule has 2 aliphatic carbocycles. The van der Waals surface area contributed by atoms with E-state index in [1.807, 2.05) is 24.3 Å². The Labute approximate surface area is 115 Å². The molecule has 1 aromatic rings. The predicted octanol–water partition coefficient (Wildman–Crippen LogP) is 2.91. The Morgan fingerprint density at radius 1 is 1.05 bits per heavy atom. The molecule has 2 fully saturated rings. The lowest BCUT2D eigenvalue weighted by atomic mass is 9.76. The van der Waals surface area contributed by atoms with Gasteiger partial charge in [0.25, 0.3) is 0 Å². The van der Waals surface area contributed by atoms with E-state index in [1.54, 1.807) is 0 Å². The molecule has 0 radical (unpaired) electrons. The fourth-order valence-corrected chi connectivity index (χ4v) is 4.36. The Balaban J connectivity index is 1.53. The average Bonchev–Trinajstić information content (AvgIpc) is 2.98. The largest absolute Gasteiger partial charge is 0.391 e. The molecule has 1 aromatic carbocycles. The van der Waals surface area contributed by atoms with Crippen LogP contribution >= 0.6 is 11.6 Å². The van der Waals surface area contributed by atoms with Gasteiger partial charge in [-0.25, -0.2) is 0 Å². The van der Waals surface area contributed by atoms with Crippen molar-refractivity contribution in [3.63, 3.8) is 0 Å². The normalized spacial score (nSPS) is 44.4. The van der Waals surface area contributed by atoms with Crippen molar-refractivity contribution in [2.75, 3.05) is 0 Å². The predicted molar refractivity (Wildman–Crippen MR) is 70.4 cm³/mol. The number of benzene rings is 1. The van der Waals surface area contributed by atoms with Gasteiger partial charge in [-0.2, -0.15) is 10.2 Å². The van der Waals surface area contributed by atoms with Crippen LogP contribution in [0.1, 0.15) is 12.0 Å². The van der Waals surface area contributed by atoms with Crippen molar-refractivity contribution >= 4 is 17.3 Å². The summed E-state index contributed by atoms with van der Waals surface area (Å²) in [6.07, 6.45) is 1.40. The molecule has 0 spiro atoms. The quantitative estimate of drug-likeness (QED) is 0.776. The minimum absolute atomic E-state index is 0.219. The molecule has 0 saturated heterocycles. The van der Waals surface area contributed by atoms with Crippen molar-refractivity contribution in [1.29, 1.82) is 0 Å². The van der Waals surface area contributed by atoms with E-state index < -0.39 is 0 Å². The van der Waals surface area contributed by atoms with E-state index in [4.69, 9.17) is 16.4 Å². The number of oxime groups is 1. The van der Waals surface area contributed by atoms with Crippen molar-refractivity contribution in [3.05, 3.63) is 34.9 Å². The zero-order chi connectivity index (χ0) is 12.6. The second-order valence-corrected chi connectivity index (χ2v) is 6.29. The number of azo groups is 1. The van der Waals surface area contributed by atoms with Gasteiger partial charge >= 0.3 is 0 Å². The van der Waals surface area contributed by atoms with Crippen LogP contribution in [0.2, 0.25) is 5.02 Å². The molecule has 2 bridgehead atoms. The molecule has 5 heteroatoms. The number of rotatable bonds is 1. The molecule has 2 unspecified atom stereocenters. The lowest BCUT2D eigenvalue weighted by molar-refractivity contribution is 0.00785. The summed E-state index contributed by atoms with van der Waals surface area (Å²) in [6.45, 7) is 0. The van der Waals surface area contributed by atoms with Gasteiger partial charge in [0, 0.05) is 10.9 Å². The monoisotopic (exact) mass is 273 g/mol. The van der Waals surface area contributed by atoms with E-state index in [-0.39, 0.29) is 6.10 Å². The third-order valence-electron chi connectivity index (χ3n) is 5.07. The van der Waals surface area contributed by atoms with Crippen LogP contribution in [0.25, 0.3) is 0 Å². The molecule has 5 rings (SSSR count). The van der Waals surface area contributed by atoms with Gasteiger partial charge < -0.3 is 4.84 Å². The second-order valence-electron chi connectivity index (χ2n) is 5.85. The van der Waals surface area contributed by atoms with E-state index >= 15 is 0 Å². The summed E-state index contributed by atoms with van der Waals surface area (Å²) < 4.78 is 0. The third kappa shape index (κ3) is 1.18. The van der Waals surface area contributed by atoms with Gasteiger partial charge in [-0.1, -0.05) is 28.9 Å². The number of halogens is 1.